The molecule has 1 saturated heterocycles. The molecule has 1 atom stereocenters. The van der Waals surface area contributed by atoms with Crippen LogP contribution in [0, 0.1) is 5.82 Å². The monoisotopic (exact) mass is 264 g/mol. The molecular weight excluding hydrogens is 239 g/mol. The van der Waals surface area contributed by atoms with E-state index in [0.717, 1.165) is 26.1 Å². The molecule has 1 N–H and O–H groups in total. The standard InChI is InChI=1S/C16H25FN2/c1-2-4-16-13-19(11-3-10-18-16)12-9-14-5-7-15(17)8-6-14/h5-8,16,18H,2-4,9-13H2,1H3. The second-order valence-corrected chi connectivity index (χ2v) is 5.47. The van der Waals surface area contributed by atoms with Gasteiger partial charge in [-0.25, -0.2) is 4.39 Å². The van der Waals surface area contributed by atoms with Gasteiger partial charge in [0.25, 0.3) is 0 Å². The van der Waals surface area contributed by atoms with Gasteiger partial charge < -0.3 is 10.2 Å². The topological polar surface area (TPSA) is 15.3 Å². The molecule has 1 aliphatic heterocycles. The van der Waals surface area contributed by atoms with Crippen LogP contribution in [0.25, 0.3) is 0 Å². The fourth-order valence-corrected chi connectivity index (χ4v) is 2.76. The molecule has 0 spiro atoms. The minimum Gasteiger partial charge on any atom is -0.313 e. The van der Waals surface area contributed by atoms with Gasteiger partial charge in [0.15, 0.2) is 0 Å². The molecule has 0 aliphatic carbocycles. The summed E-state index contributed by atoms with van der Waals surface area (Å²) < 4.78 is 12.9. The normalized spacial score (nSPS) is 21.3. The Bertz CT molecular complexity index is 364. The van der Waals surface area contributed by atoms with E-state index in [2.05, 4.69) is 17.1 Å². The van der Waals surface area contributed by atoms with Gasteiger partial charge in [0.05, 0.1) is 0 Å². The molecule has 2 rings (SSSR count). The number of halogens is 1. The molecule has 0 radical (unpaired) electrons. The van der Waals surface area contributed by atoms with Crippen LogP contribution < -0.4 is 5.32 Å². The van der Waals surface area contributed by atoms with Crippen molar-refractivity contribution in [2.45, 2.75) is 38.6 Å². The quantitative estimate of drug-likeness (QED) is 0.880. The summed E-state index contributed by atoms with van der Waals surface area (Å²) >= 11 is 0. The predicted molar refractivity (Wildman–Crippen MR) is 77.9 cm³/mol. The minimum atomic E-state index is -0.147. The van der Waals surface area contributed by atoms with Crippen LogP contribution in [0.4, 0.5) is 4.39 Å². The van der Waals surface area contributed by atoms with Crippen molar-refractivity contribution in [3.05, 3.63) is 35.6 Å². The number of rotatable bonds is 5. The lowest BCUT2D eigenvalue weighted by Gasteiger charge is -2.24. The van der Waals surface area contributed by atoms with Crippen molar-refractivity contribution < 1.29 is 4.39 Å². The molecule has 3 heteroatoms. The Morgan fingerprint density at radius 1 is 1.32 bits per heavy atom. The number of nitrogens with zero attached hydrogens (tertiary/aromatic N) is 1. The van der Waals surface area contributed by atoms with Crippen molar-refractivity contribution in [2.24, 2.45) is 0 Å². The Kier molecular flexibility index (Phi) is 5.80. The van der Waals surface area contributed by atoms with E-state index in [0.29, 0.717) is 6.04 Å². The van der Waals surface area contributed by atoms with Crippen molar-refractivity contribution in [3.63, 3.8) is 0 Å². The SMILES string of the molecule is CCCC1CN(CCc2ccc(F)cc2)CCCN1. The molecule has 19 heavy (non-hydrogen) atoms. The first-order chi connectivity index (χ1) is 9.28. The predicted octanol–water partition coefficient (Wildman–Crippen LogP) is 2.83. The molecule has 1 heterocycles. The second-order valence-electron chi connectivity index (χ2n) is 5.47. The van der Waals surface area contributed by atoms with Crippen molar-refractivity contribution in [3.8, 4) is 0 Å². The molecule has 1 unspecified atom stereocenters. The Labute approximate surface area is 116 Å². The molecular formula is C16H25FN2. The highest BCUT2D eigenvalue weighted by Gasteiger charge is 2.16. The van der Waals surface area contributed by atoms with Crippen LogP contribution in [0.15, 0.2) is 24.3 Å². The van der Waals surface area contributed by atoms with Crippen LogP contribution in [0.5, 0.6) is 0 Å². The summed E-state index contributed by atoms with van der Waals surface area (Å²) in [5.41, 5.74) is 1.23. The van der Waals surface area contributed by atoms with E-state index in [9.17, 15) is 4.39 Å². The maximum atomic E-state index is 12.9. The van der Waals surface area contributed by atoms with Crippen LogP contribution in [-0.2, 0) is 6.42 Å². The van der Waals surface area contributed by atoms with Crippen molar-refractivity contribution in [2.75, 3.05) is 26.2 Å². The molecule has 0 aromatic heterocycles. The summed E-state index contributed by atoms with van der Waals surface area (Å²) in [5.74, 6) is -0.147. The van der Waals surface area contributed by atoms with Gasteiger partial charge in [0, 0.05) is 19.1 Å². The van der Waals surface area contributed by atoms with Gasteiger partial charge >= 0.3 is 0 Å². The molecule has 2 nitrogen and oxygen atoms in total. The first-order valence-electron chi connectivity index (χ1n) is 7.48. The van der Waals surface area contributed by atoms with E-state index >= 15 is 0 Å². The molecule has 1 aromatic carbocycles. The highest BCUT2D eigenvalue weighted by molar-refractivity contribution is 5.16. The fourth-order valence-electron chi connectivity index (χ4n) is 2.76. The Morgan fingerprint density at radius 2 is 2.11 bits per heavy atom. The second kappa shape index (κ2) is 7.61. The molecule has 0 amide bonds. The maximum Gasteiger partial charge on any atom is 0.123 e. The lowest BCUT2D eigenvalue weighted by atomic mass is 10.1. The van der Waals surface area contributed by atoms with Crippen LogP contribution >= 0.6 is 0 Å². The van der Waals surface area contributed by atoms with E-state index < -0.39 is 0 Å². The molecule has 1 aromatic rings. The van der Waals surface area contributed by atoms with Gasteiger partial charge in [-0.15, -0.1) is 0 Å². The van der Waals surface area contributed by atoms with E-state index in [4.69, 9.17) is 0 Å². The van der Waals surface area contributed by atoms with Gasteiger partial charge in [0.1, 0.15) is 5.82 Å². The van der Waals surface area contributed by atoms with Gasteiger partial charge in [-0.2, -0.15) is 0 Å². The Balaban J connectivity index is 1.81. The fraction of sp³-hybridized carbons (Fsp3) is 0.625. The third-order valence-electron chi connectivity index (χ3n) is 3.83. The van der Waals surface area contributed by atoms with Crippen LogP contribution in [0.1, 0.15) is 31.7 Å². The van der Waals surface area contributed by atoms with Gasteiger partial charge in [-0.1, -0.05) is 25.5 Å². The lowest BCUT2D eigenvalue weighted by Crippen LogP contribution is -2.38. The number of hydrogen-bond donors (Lipinski definition) is 1. The van der Waals surface area contributed by atoms with Crippen LogP contribution in [0.3, 0.4) is 0 Å². The summed E-state index contributed by atoms with van der Waals surface area (Å²) in [7, 11) is 0. The zero-order valence-corrected chi connectivity index (χ0v) is 11.9. The third kappa shape index (κ3) is 4.92. The Morgan fingerprint density at radius 3 is 2.84 bits per heavy atom. The average Bonchev–Trinajstić information content (AvgIpc) is 2.64. The molecule has 1 aliphatic rings. The lowest BCUT2D eigenvalue weighted by molar-refractivity contribution is 0.265. The van der Waals surface area contributed by atoms with Gasteiger partial charge in [-0.05, 0) is 50.0 Å². The highest BCUT2D eigenvalue weighted by atomic mass is 19.1. The van der Waals surface area contributed by atoms with E-state index in [1.165, 1.54) is 31.4 Å². The zero-order valence-electron chi connectivity index (χ0n) is 11.9. The van der Waals surface area contributed by atoms with Crippen molar-refractivity contribution >= 4 is 0 Å². The summed E-state index contributed by atoms with van der Waals surface area (Å²) in [4.78, 5) is 2.55. The van der Waals surface area contributed by atoms with Gasteiger partial charge in [0.2, 0.25) is 0 Å². The molecule has 106 valence electrons. The minimum absolute atomic E-state index is 0.147. The number of hydrogen-bond acceptors (Lipinski definition) is 2. The molecule has 1 fully saturated rings. The Hall–Kier alpha value is -0.930. The molecule has 0 saturated carbocycles. The summed E-state index contributed by atoms with van der Waals surface area (Å²) in [6.07, 6.45) is 4.74. The number of nitrogens with one attached hydrogen (secondary N) is 1. The van der Waals surface area contributed by atoms with E-state index in [1.807, 2.05) is 12.1 Å². The van der Waals surface area contributed by atoms with Crippen molar-refractivity contribution in [1.29, 1.82) is 0 Å². The summed E-state index contributed by atoms with van der Waals surface area (Å²) in [6, 6.07) is 7.54. The first-order valence-corrected chi connectivity index (χ1v) is 7.48. The third-order valence-corrected chi connectivity index (χ3v) is 3.83. The van der Waals surface area contributed by atoms with Crippen LogP contribution in [0.2, 0.25) is 0 Å². The van der Waals surface area contributed by atoms with E-state index in [-0.39, 0.29) is 5.82 Å². The maximum absolute atomic E-state index is 12.9. The zero-order chi connectivity index (χ0) is 13.5. The largest absolute Gasteiger partial charge is 0.313 e. The highest BCUT2D eigenvalue weighted by Crippen LogP contribution is 2.08. The van der Waals surface area contributed by atoms with Gasteiger partial charge in [-0.3, -0.25) is 0 Å². The van der Waals surface area contributed by atoms with Crippen molar-refractivity contribution in [1.82, 2.24) is 10.2 Å². The van der Waals surface area contributed by atoms with E-state index in [1.54, 1.807) is 12.1 Å². The molecule has 0 bridgehead atoms. The summed E-state index contributed by atoms with van der Waals surface area (Å²) in [5, 5.41) is 3.63. The van der Waals surface area contributed by atoms with Crippen LogP contribution in [-0.4, -0.2) is 37.1 Å². The average molecular weight is 264 g/mol. The first kappa shape index (κ1) is 14.5. The summed E-state index contributed by atoms with van der Waals surface area (Å²) in [6.45, 7) is 6.78. The smallest absolute Gasteiger partial charge is 0.123 e. The number of benzene rings is 1.